The second-order valence-corrected chi connectivity index (χ2v) is 3.75. The molecule has 0 aliphatic carbocycles. The maximum Gasteiger partial charge on any atom is 0.169 e. The Hall–Kier alpha value is -1.02. The first-order valence-electron chi connectivity index (χ1n) is 4.08. The van der Waals surface area contributed by atoms with Gasteiger partial charge in [0, 0.05) is 5.56 Å². The van der Waals surface area contributed by atoms with Gasteiger partial charge in [-0.05, 0) is 35.0 Å². The van der Waals surface area contributed by atoms with Gasteiger partial charge in [0.1, 0.15) is 5.76 Å². The number of aryl methyl sites for hydroxylation is 1. The van der Waals surface area contributed by atoms with Crippen LogP contribution in [0.25, 0.3) is 11.3 Å². The third-order valence-electron chi connectivity index (χ3n) is 1.91. The van der Waals surface area contributed by atoms with Crippen molar-refractivity contribution < 1.29 is 4.42 Å². The highest BCUT2D eigenvalue weighted by atomic mass is 79.9. The molecule has 0 radical (unpaired) electrons. The van der Waals surface area contributed by atoms with E-state index in [-0.39, 0.29) is 0 Å². The summed E-state index contributed by atoms with van der Waals surface area (Å²) in [5, 5.41) is 0. The van der Waals surface area contributed by atoms with E-state index in [2.05, 4.69) is 47.1 Å². The molecule has 0 aliphatic rings. The third-order valence-corrected chi connectivity index (χ3v) is 2.34. The molecular formula is C11H9BrO. The molecule has 1 aromatic carbocycles. The zero-order chi connectivity index (χ0) is 9.26. The van der Waals surface area contributed by atoms with E-state index in [9.17, 15) is 0 Å². The van der Waals surface area contributed by atoms with Gasteiger partial charge in [-0.3, -0.25) is 0 Å². The fourth-order valence-corrected chi connectivity index (χ4v) is 1.49. The molecule has 0 unspecified atom stereocenters. The average molecular weight is 237 g/mol. The zero-order valence-electron chi connectivity index (χ0n) is 7.25. The molecule has 13 heavy (non-hydrogen) atoms. The van der Waals surface area contributed by atoms with E-state index in [0.29, 0.717) is 0 Å². The molecule has 2 aromatic rings. The van der Waals surface area contributed by atoms with E-state index in [1.807, 2.05) is 12.1 Å². The molecule has 0 saturated heterocycles. The highest BCUT2D eigenvalue weighted by Gasteiger charge is 2.01. The molecule has 0 saturated carbocycles. The van der Waals surface area contributed by atoms with Crippen LogP contribution < -0.4 is 0 Å². The molecule has 0 fully saturated rings. The van der Waals surface area contributed by atoms with E-state index < -0.39 is 0 Å². The van der Waals surface area contributed by atoms with Crippen LogP contribution in [0.5, 0.6) is 0 Å². The van der Waals surface area contributed by atoms with Crippen LogP contribution in [-0.2, 0) is 0 Å². The highest BCUT2D eigenvalue weighted by molar-refractivity contribution is 9.10. The van der Waals surface area contributed by atoms with Gasteiger partial charge >= 0.3 is 0 Å². The van der Waals surface area contributed by atoms with Crippen molar-refractivity contribution in [1.29, 1.82) is 0 Å². The first kappa shape index (κ1) is 8.57. The molecule has 0 bridgehead atoms. The highest BCUT2D eigenvalue weighted by Crippen LogP contribution is 2.24. The normalized spacial score (nSPS) is 10.3. The Morgan fingerprint density at radius 1 is 1.00 bits per heavy atom. The summed E-state index contributed by atoms with van der Waals surface area (Å²) in [6.45, 7) is 2.07. The lowest BCUT2D eigenvalue weighted by molar-refractivity contribution is 0.556. The molecule has 1 aromatic heterocycles. The largest absolute Gasteiger partial charge is 0.449 e. The minimum Gasteiger partial charge on any atom is -0.449 e. The lowest BCUT2D eigenvalue weighted by Crippen LogP contribution is -1.74. The molecule has 1 nitrogen and oxygen atoms in total. The van der Waals surface area contributed by atoms with Gasteiger partial charge in [-0.2, -0.15) is 0 Å². The molecule has 2 heteroatoms. The minimum absolute atomic E-state index is 0.767. The van der Waals surface area contributed by atoms with Gasteiger partial charge in [0.2, 0.25) is 0 Å². The van der Waals surface area contributed by atoms with E-state index in [1.54, 1.807) is 0 Å². The summed E-state index contributed by atoms with van der Waals surface area (Å²) in [4.78, 5) is 0. The van der Waals surface area contributed by atoms with Crippen molar-refractivity contribution >= 4 is 15.9 Å². The number of halogens is 1. The molecule has 0 N–H and O–H groups in total. The molecule has 0 amide bonds. The smallest absolute Gasteiger partial charge is 0.169 e. The van der Waals surface area contributed by atoms with Gasteiger partial charge < -0.3 is 4.42 Å². The Morgan fingerprint density at radius 2 is 1.69 bits per heavy atom. The first-order chi connectivity index (χ1) is 6.25. The van der Waals surface area contributed by atoms with Crippen LogP contribution >= 0.6 is 15.9 Å². The Bertz CT molecular complexity index is 400. The molecule has 1 heterocycles. The number of benzene rings is 1. The molecular weight excluding hydrogens is 228 g/mol. The predicted octanol–water partition coefficient (Wildman–Crippen LogP) is 4.02. The number of hydrogen-bond donors (Lipinski definition) is 0. The molecule has 2 rings (SSSR count). The SMILES string of the molecule is Cc1ccc(-c2ccc(Br)o2)cc1. The lowest BCUT2D eigenvalue weighted by Gasteiger charge is -1.96. The minimum atomic E-state index is 0.767. The summed E-state index contributed by atoms with van der Waals surface area (Å²) in [6.07, 6.45) is 0. The third kappa shape index (κ3) is 1.83. The van der Waals surface area contributed by atoms with Crippen LogP contribution in [0.1, 0.15) is 5.56 Å². The fraction of sp³-hybridized carbons (Fsp3) is 0.0909. The van der Waals surface area contributed by atoms with Crippen molar-refractivity contribution in [3.8, 4) is 11.3 Å². The van der Waals surface area contributed by atoms with Crippen LogP contribution in [0.15, 0.2) is 45.5 Å². The average Bonchev–Trinajstić information content (AvgIpc) is 2.53. The van der Waals surface area contributed by atoms with Crippen molar-refractivity contribution in [3.63, 3.8) is 0 Å². The second-order valence-electron chi connectivity index (χ2n) is 2.97. The summed E-state index contributed by atoms with van der Waals surface area (Å²) < 4.78 is 6.19. The zero-order valence-corrected chi connectivity index (χ0v) is 8.84. The van der Waals surface area contributed by atoms with Crippen LogP contribution in [0.2, 0.25) is 0 Å². The van der Waals surface area contributed by atoms with Gasteiger partial charge in [-0.25, -0.2) is 0 Å². The quantitative estimate of drug-likeness (QED) is 0.730. The van der Waals surface area contributed by atoms with Gasteiger partial charge in [0.05, 0.1) is 0 Å². The van der Waals surface area contributed by atoms with Crippen molar-refractivity contribution in [1.82, 2.24) is 0 Å². The van der Waals surface area contributed by atoms with Crippen molar-refractivity contribution in [2.75, 3.05) is 0 Å². The van der Waals surface area contributed by atoms with E-state index in [4.69, 9.17) is 4.42 Å². The number of furan rings is 1. The maximum atomic E-state index is 5.43. The molecule has 0 aliphatic heterocycles. The first-order valence-corrected chi connectivity index (χ1v) is 4.87. The van der Waals surface area contributed by atoms with E-state index >= 15 is 0 Å². The summed E-state index contributed by atoms with van der Waals surface area (Å²) in [5.41, 5.74) is 2.37. The van der Waals surface area contributed by atoms with Gasteiger partial charge in [0.15, 0.2) is 4.67 Å². The summed E-state index contributed by atoms with van der Waals surface area (Å²) >= 11 is 3.28. The lowest BCUT2D eigenvalue weighted by atomic mass is 10.1. The van der Waals surface area contributed by atoms with Gasteiger partial charge in [-0.1, -0.05) is 29.8 Å². The van der Waals surface area contributed by atoms with E-state index in [1.165, 1.54) is 5.56 Å². The maximum absolute atomic E-state index is 5.43. The van der Waals surface area contributed by atoms with Gasteiger partial charge in [0.25, 0.3) is 0 Å². The second kappa shape index (κ2) is 3.38. The molecule has 66 valence electrons. The topological polar surface area (TPSA) is 13.1 Å². The standard InChI is InChI=1S/C11H9BrO/c1-8-2-4-9(5-3-8)10-6-7-11(12)13-10/h2-7H,1H3. The van der Waals surface area contributed by atoms with Crippen LogP contribution in [0.3, 0.4) is 0 Å². The van der Waals surface area contributed by atoms with E-state index in [0.717, 1.165) is 16.0 Å². The van der Waals surface area contributed by atoms with Crippen LogP contribution in [0.4, 0.5) is 0 Å². The Morgan fingerprint density at radius 3 is 2.23 bits per heavy atom. The monoisotopic (exact) mass is 236 g/mol. The summed E-state index contributed by atoms with van der Waals surface area (Å²) in [5.74, 6) is 0.895. The van der Waals surface area contributed by atoms with Crippen molar-refractivity contribution in [2.24, 2.45) is 0 Å². The predicted molar refractivity (Wildman–Crippen MR) is 56.6 cm³/mol. The number of rotatable bonds is 1. The van der Waals surface area contributed by atoms with Crippen molar-refractivity contribution in [3.05, 3.63) is 46.6 Å². The van der Waals surface area contributed by atoms with Gasteiger partial charge in [-0.15, -0.1) is 0 Å². The summed E-state index contributed by atoms with van der Waals surface area (Å²) in [7, 11) is 0. The van der Waals surface area contributed by atoms with Crippen molar-refractivity contribution in [2.45, 2.75) is 6.92 Å². The Kier molecular flexibility index (Phi) is 2.23. The fourth-order valence-electron chi connectivity index (χ4n) is 1.19. The Balaban J connectivity index is 2.41. The molecule has 0 spiro atoms. The summed E-state index contributed by atoms with van der Waals surface area (Å²) in [6, 6.07) is 12.1. The number of hydrogen-bond acceptors (Lipinski definition) is 1. The van der Waals surface area contributed by atoms with Crippen LogP contribution in [-0.4, -0.2) is 0 Å². The van der Waals surface area contributed by atoms with Crippen LogP contribution in [0, 0.1) is 6.92 Å². The molecule has 0 atom stereocenters. The Labute approximate surface area is 85.5 Å².